The van der Waals surface area contributed by atoms with E-state index in [0.717, 1.165) is 23.3 Å². The summed E-state index contributed by atoms with van der Waals surface area (Å²) in [5, 5.41) is 9.41. The number of para-hydroxylation sites is 1. The summed E-state index contributed by atoms with van der Waals surface area (Å²) in [4.78, 5) is 0. The number of ether oxygens (including phenoxy) is 1. The summed E-state index contributed by atoms with van der Waals surface area (Å²) in [6.07, 6.45) is 0.788. The monoisotopic (exact) mass is 257 g/mol. The average molecular weight is 257 g/mol. The molecular formula is C16H19NO2. The average Bonchev–Trinajstić information content (AvgIpc) is 2.37. The second-order valence-electron chi connectivity index (χ2n) is 4.75. The molecule has 0 aromatic heterocycles. The molecule has 3 heteroatoms. The summed E-state index contributed by atoms with van der Waals surface area (Å²) in [6, 6.07) is 15.1. The number of hydrogen-bond acceptors (Lipinski definition) is 3. The predicted octanol–water partition coefficient (Wildman–Crippen LogP) is 2.86. The van der Waals surface area contributed by atoms with Crippen molar-refractivity contribution < 1.29 is 9.84 Å². The van der Waals surface area contributed by atoms with E-state index in [1.807, 2.05) is 43.3 Å². The van der Waals surface area contributed by atoms with E-state index in [1.165, 1.54) is 0 Å². The summed E-state index contributed by atoms with van der Waals surface area (Å²) >= 11 is 0. The van der Waals surface area contributed by atoms with Crippen molar-refractivity contribution in [2.45, 2.75) is 26.0 Å². The number of aromatic hydroxyl groups is 1. The number of benzene rings is 2. The van der Waals surface area contributed by atoms with Gasteiger partial charge in [0.25, 0.3) is 0 Å². The van der Waals surface area contributed by atoms with Gasteiger partial charge in [-0.1, -0.05) is 30.3 Å². The number of phenols is 1. The minimum absolute atomic E-state index is 0.102. The highest BCUT2D eigenvalue weighted by Gasteiger charge is 2.05. The Morgan fingerprint density at radius 1 is 1.16 bits per heavy atom. The molecule has 0 radical (unpaired) electrons. The van der Waals surface area contributed by atoms with Crippen LogP contribution in [0.25, 0.3) is 0 Å². The normalized spacial score (nSPS) is 12.1. The van der Waals surface area contributed by atoms with E-state index in [0.29, 0.717) is 6.61 Å². The minimum atomic E-state index is 0.102. The molecule has 0 heterocycles. The van der Waals surface area contributed by atoms with Crippen molar-refractivity contribution in [3.8, 4) is 11.5 Å². The Hall–Kier alpha value is -2.00. The molecule has 3 nitrogen and oxygen atoms in total. The smallest absolute Gasteiger partial charge is 0.123 e. The van der Waals surface area contributed by atoms with Crippen LogP contribution < -0.4 is 10.5 Å². The first-order valence-electron chi connectivity index (χ1n) is 6.39. The van der Waals surface area contributed by atoms with Gasteiger partial charge in [-0.15, -0.1) is 0 Å². The Morgan fingerprint density at radius 3 is 2.68 bits per heavy atom. The molecule has 0 saturated carbocycles. The molecule has 19 heavy (non-hydrogen) atoms. The van der Waals surface area contributed by atoms with Crippen LogP contribution in [0.5, 0.6) is 11.5 Å². The molecule has 3 N–H and O–H groups in total. The predicted molar refractivity (Wildman–Crippen MR) is 76.2 cm³/mol. The maximum atomic E-state index is 9.41. The zero-order valence-electron chi connectivity index (χ0n) is 11.0. The summed E-state index contributed by atoms with van der Waals surface area (Å²) in [7, 11) is 0. The third-order valence-corrected chi connectivity index (χ3v) is 2.82. The molecule has 2 rings (SSSR count). The van der Waals surface area contributed by atoms with Gasteiger partial charge in [-0.25, -0.2) is 0 Å². The Kier molecular flexibility index (Phi) is 4.42. The highest BCUT2D eigenvalue weighted by molar-refractivity contribution is 5.34. The van der Waals surface area contributed by atoms with Crippen LogP contribution in [-0.2, 0) is 13.0 Å². The first-order valence-corrected chi connectivity index (χ1v) is 6.39. The molecule has 0 fully saturated rings. The van der Waals surface area contributed by atoms with E-state index in [-0.39, 0.29) is 11.8 Å². The standard InChI is InChI=1S/C16H19NO2/c1-12(17)9-14-6-2-3-8-16(14)19-11-13-5-4-7-15(18)10-13/h2-8,10,12,18H,9,11,17H2,1H3. The van der Waals surface area contributed by atoms with Gasteiger partial charge in [0, 0.05) is 6.04 Å². The topological polar surface area (TPSA) is 55.5 Å². The number of hydrogen-bond donors (Lipinski definition) is 2. The van der Waals surface area contributed by atoms with Crippen molar-refractivity contribution in [2.75, 3.05) is 0 Å². The van der Waals surface area contributed by atoms with E-state index < -0.39 is 0 Å². The Morgan fingerprint density at radius 2 is 1.95 bits per heavy atom. The SMILES string of the molecule is CC(N)Cc1ccccc1OCc1cccc(O)c1. The second kappa shape index (κ2) is 6.25. The van der Waals surface area contributed by atoms with Gasteiger partial charge in [-0.3, -0.25) is 0 Å². The summed E-state index contributed by atoms with van der Waals surface area (Å²) in [6.45, 7) is 2.41. The Labute approximate surface area is 113 Å². The largest absolute Gasteiger partial charge is 0.508 e. The maximum absolute atomic E-state index is 9.41. The molecule has 0 aliphatic carbocycles. The molecule has 0 saturated heterocycles. The van der Waals surface area contributed by atoms with Crippen molar-refractivity contribution in [2.24, 2.45) is 5.73 Å². The fourth-order valence-corrected chi connectivity index (χ4v) is 1.97. The van der Waals surface area contributed by atoms with Crippen LogP contribution in [0.2, 0.25) is 0 Å². The van der Waals surface area contributed by atoms with Crippen LogP contribution in [0, 0.1) is 0 Å². The van der Waals surface area contributed by atoms with Crippen molar-refractivity contribution >= 4 is 0 Å². The van der Waals surface area contributed by atoms with Crippen LogP contribution in [-0.4, -0.2) is 11.1 Å². The van der Waals surface area contributed by atoms with Gasteiger partial charge >= 0.3 is 0 Å². The third-order valence-electron chi connectivity index (χ3n) is 2.82. The summed E-state index contributed by atoms with van der Waals surface area (Å²) in [5.74, 6) is 1.10. The van der Waals surface area contributed by atoms with E-state index in [9.17, 15) is 5.11 Å². The maximum Gasteiger partial charge on any atom is 0.123 e. The van der Waals surface area contributed by atoms with E-state index in [2.05, 4.69) is 0 Å². The Balaban J connectivity index is 2.07. The van der Waals surface area contributed by atoms with E-state index in [1.54, 1.807) is 12.1 Å². The fourth-order valence-electron chi connectivity index (χ4n) is 1.97. The molecular weight excluding hydrogens is 238 g/mol. The van der Waals surface area contributed by atoms with Crippen molar-refractivity contribution in [3.63, 3.8) is 0 Å². The molecule has 1 unspecified atom stereocenters. The highest BCUT2D eigenvalue weighted by atomic mass is 16.5. The van der Waals surface area contributed by atoms with Crippen molar-refractivity contribution in [3.05, 3.63) is 59.7 Å². The fraction of sp³-hybridized carbons (Fsp3) is 0.250. The van der Waals surface area contributed by atoms with Crippen LogP contribution >= 0.6 is 0 Å². The Bertz CT molecular complexity index is 538. The van der Waals surface area contributed by atoms with E-state index >= 15 is 0 Å². The lowest BCUT2D eigenvalue weighted by Gasteiger charge is -2.13. The number of nitrogens with two attached hydrogens (primary N) is 1. The molecule has 2 aromatic carbocycles. The molecule has 0 amide bonds. The summed E-state index contributed by atoms with van der Waals surface area (Å²) in [5.41, 5.74) is 7.88. The summed E-state index contributed by atoms with van der Waals surface area (Å²) < 4.78 is 5.81. The highest BCUT2D eigenvalue weighted by Crippen LogP contribution is 2.21. The second-order valence-corrected chi connectivity index (χ2v) is 4.75. The van der Waals surface area contributed by atoms with Crippen molar-refractivity contribution in [1.29, 1.82) is 0 Å². The molecule has 100 valence electrons. The van der Waals surface area contributed by atoms with Crippen molar-refractivity contribution in [1.82, 2.24) is 0 Å². The quantitative estimate of drug-likeness (QED) is 0.866. The number of phenolic OH excluding ortho intramolecular Hbond substituents is 1. The zero-order chi connectivity index (χ0) is 13.7. The van der Waals surface area contributed by atoms with Gasteiger partial charge in [0.05, 0.1) is 0 Å². The van der Waals surface area contributed by atoms with Gasteiger partial charge in [-0.2, -0.15) is 0 Å². The van der Waals surface area contributed by atoms with Gasteiger partial charge < -0.3 is 15.6 Å². The van der Waals surface area contributed by atoms with Gasteiger partial charge in [0.1, 0.15) is 18.1 Å². The lowest BCUT2D eigenvalue weighted by atomic mass is 10.1. The lowest BCUT2D eigenvalue weighted by Crippen LogP contribution is -2.18. The lowest BCUT2D eigenvalue weighted by molar-refractivity contribution is 0.301. The van der Waals surface area contributed by atoms with Crippen LogP contribution in [0.3, 0.4) is 0 Å². The molecule has 1 atom stereocenters. The first-order chi connectivity index (χ1) is 9.15. The first kappa shape index (κ1) is 13.4. The zero-order valence-corrected chi connectivity index (χ0v) is 11.0. The van der Waals surface area contributed by atoms with Crippen LogP contribution in [0.15, 0.2) is 48.5 Å². The van der Waals surface area contributed by atoms with Gasteiger partial charge in [0.2, 0.25) is 0 Å². The van der Waals surface area contributed by atoms with Gasteiger partial charge in [0.15, 0.2) is 0 Å². The third kappa shape index (κ3) is 4.00. The minimum Gasteiger partial charge on any atom is -0.508 e. The van der Waals surface area contributed by atoms with Gasteiger partial charge in [-0.05, 0) is 42.7 Å². The molecule has 2 aromatic rings. The molecule has 0 aliphatic heterocycles. The molecule has 0 bridgehead atoms. The number of rotatable bonds is 5. The van der Waals surface area contributed by atoms with E-state index in [4.69, 9.17) is 10.5 Å². The molecule has 0 aliphatic rings. The van der Waals surface area contributed by atoms with Crippen LogP contribution in [0.4, 0.5) is 0 Å². The van der Waals surface area contributed by atoms with Crippen LogP contribution in [0.1, 0.15) is 18.1 Å². The molecule has 0 spiro atoms.